The summed E-state index contributed by atoms with van der Waals surface area (Å²) in [7, 11) is 0. The van der Waals surface area contributed by atoms with Crippen molar-refractivity contribution in [3.8, 4) is 47.3 Å². The number of benzene rings is 8. The van der Waals surface area contributed by atoms with Crippen LogP contribution in [-0.4, -0.2) is 0 Å². The summed E-state index contributed by atoms with van der Waals surface area (Å²) in [5, 5.41) is 41.4. The van der Waals surface area contributed by atoms with Gasteiger partial charge >= 0.3 is 0 Å². The Labute approximate surface area is 513 Å². The van der Waals surface area contributed by atoms with E-state index in [1.807, 2.05) is 97.1 Å². The lowest BCUT2D eigenvalue weighted by molar-refractivity contribution is 0.287. The van der Waals surface area contributed by atoms with Gasteiger partial charge in [-0.1, -0.05) is 203 Å². The van der Waals surface area contributed by atoms with E-state index < -0.39 is 0 Å². The van der Waals surface area contributed by atoms with Crippen molar-refractivity contribution in [1.82, 2.24) is 0 Å². The van der Waals surface area contributed by atoms with Gasteiger partial charge in [-0.15, -0.1) is 0 Å². The normalized spacial score (nSPS) is 12.5. The van der Waals surface area contributed by atoms with Crippen LogP contribution in [0.25, 0.3) is 0 Å². The molecule has 0 atom stereocenters. The zero-order valence-electron chi connectivity index (χ0n) is 49.7. The quantitative estimate of drug-likeness (QED) is 0.115. The minimum Gasteiger partial charge on any atom is -0.486 e. The number of ether oxygens (including phenoxy) is 4. The maximum Gasteiger partial charge on any atom is 0.147 e. The number of hydrogen-bond donors (Lipinski definition) is 0. The van der Waals surface area contributed by atoms with Crippen molar-refractivity contribution in [1.29, 1.82) is 21.0 Å². The maximum atomic E-state index is 10.4. The molecule has 1 heterocycles. The fourth-order valence-electron chi connectivity index (χ4n) is 9.31. The van der Waals surface area contributed by atoms with Crippen LogP contribution in [0.5, 0.6) is 23.0 Å². The van der Waals surface area contributed by atoms with Crippen LogP contribution in [0.1, 0.15) is 150 Å². The predicted octanol–water partition coefficient (Wildman–Crippen LogP) is 19.6. The highest BCUT2D eigenvalue weighted by atomic mass is 32.2. The summed E-state index contributed by atoms with van der Waals surface area (Å²) in [6.45, 7) is 27.0. The molecule has 12 heteroatoms. The average Bonchev–Trinajstić information content (AvgIpc) is 3.61. The zero-order valence-corrected chi connectivity index (χ0v) is 53.0. The van der Waals surface area contributed by atoms with Gasteiger partial charge in [0.05, 0.1) is 85.7 Å². The van der Waals surface area contributed by atoms with Crippen LogP contribution in [0.4, 0.5) is 0 Å². The highest BCUT2D eigenvalue weighted by Gasteiger charge is 2.31. The summed E-state index contributed by atoms with van der Waals surface area (Å²) < 4.78 is 28.9. The molecule has 0 amide bonds. The van der Waals surface area contributed by atoms with Crippen molar-refractivity contribution >= 4 is 47.0 Å². The highest BCUT2D eigenvalue weighted by Crippen LogP contribution is 2.57. The largest absolute Gasteiger partial charge is 0.486 e. The van der Waals surface area contributed by atoms with E-state index in [9.17, 15) is 21.0 Å². The summed E-state index contributed by atoms with van der Waals surface area (Å²) in [4.78, 5) is 6.67. The van der Waals surface area contributed by atoms with Gasteiger partial charge in [0.15, 0.2) is 0 Å². The molecular formula is C72H68N4O4S4. The van der Waals surface area contributed by atoms with Crippen LogP contribution in [0.3, 0.4) is 0 Å². The van der Waals surface area contributed by atoms with E-state index in [1.54, 1.807) is 47.0 Å². The van der Waals surface area contributed by atoms with Gasteiger partial charge in [0, 0.05) is 22.3 Å². The summed E-state index contributed by atoms with van der Waals surface area (Å²) >= 11 is 6.27. The van der Waals surface area contributed by atoms with Gasteiger partial charge in [0.2, 0.25) is 0 Å². The fraction of sp³-hybridized carbons (Fsp3) is 0.278. The van der Waals surface area contributed by atoms with Gasteiger partial charge in [-0.3, -0.25) is 0 Å². The average molecular weight is 1180 g/mol. The Balaban J connectivity index is 1.41. The van der Waals surface area contributed by atoms with Crippen molar-refractivity contribution in [3.05, 3.63) is 212 Å². The minimum absolute atomic E-state index is 0.112. The van der Waals surface area contributed by atoms with Crippen LogP contribution in [0.15, 0.2) is 185 Å². The van der Waals surface area contributed by atoms with Crippen molar-refractivity contribution in [2.75, 3.05) is 0 Å². The monoisotopic (exact) mass is 1180 g/mol. The smallest absolute Gasteiger partial charge is 0.147 e. The molecule has 0 radical (unpaired) electrons. The predicted molar refractivity (Wildman–Crippen MR) is 339 cm³/mol. The molecule has 0 unspecified atom stereocenters. The van der Waals surface area contributed by atoms with Gasteiger partial charge in [-0.05, 0) is 117 Å². The lowest BCUT2D eigenvalue weighted by atomic mass is 9.87. The molecular weight excluding hydrogens is 1110 g/mol. The Hall–Kier alpha value is -7.68. The van der Waals surface area contributed by atoms with Gasteiger partial charge in [0.25, 0.3) is 0 Å². The SMILES string of the molecule is CC(C)(C)c1cc2c(OCc3ccccc3C#N)c(c1)Sc1cc(C(C)(C)C)cc(c1OCc1ccccc1C#N)Sc1cc(C(C)(C)C)cc(c1OCc1ccccc1C#N)Sc1cc(C(C)(C)C)cc(c1OCc1ccccc1C#N)S2. The third kappa shape index (κ3) is 14.1. The molecule has 0 aromatic heterocycles. The number of nitriles is 4. The second-order valence-electron chi connectivity index (χ2n) is 24.8. The minimum atomic E-state index is -0.335. The van der Waals surface area contributed by atoms with Crippen LogP contribution in [-0.2, 0) is 48.1 Å². The van der Waals surface area contributed by atoms with Crippen LogP contribution >= 0.6 is 47.0 Å². The van der Waals surface area contributed by atoms with Gasteiger partial charge < -0.3 is 18.9 Å². The van der Waals surface area contributed by atoms with Crippen molar-refractivity contribution in [2.45, 2.75) is 170 Å². The molecule has 1 aliphatic rings. The van der Waals surface area contributed by atoms with Crippen LogP contribution < -0.4 is 18.9 Å². The molecule has 0 saturated carbocycles. The number of rotatable bonds is 12. The van der Waals surface area contributed by atoms with Crippen LogP contribution in [0, 0.1) is 45.3 Å². The van der Waals surface area contributed by atoms with Crippen LogP contribution in [0.2, 0.25) is 0 Å². The first kappa shape index (κ1) is 60.9. The van der Waals surface area contributed by atoms with E-state index in [0.717, 1.165) is 83.7 Å². The lowest BCUT2D eigenvalue weighted by Crippen LogP contribution is -2.14. The Bertz CT molecular complexity index is 3370. The van der Waals surface area contributed by atoms with Gasteiger partial charge in [-0.2, -0.15) is 21.0 Å². The summed E-state index contributed by atoms with van der Waals surface area (Å²) in [5.74, 6) is 2.49. The first-order valence-electron chi connectivity index (χ1n) is 27.8. The fourth-order valence-corrected chi connectivity index (χ4v) is 14.1. The lowest BCUT2D eigenvalue weighted by Gasteiger charge is -2.28. The van der Waals surface area contributed by atoms with E-state index in [0.29, 0.717) is 45.3 Å². The van der Waals surface area contributed by atoms with E-state index in [-0.39, 0.29) is 48.1 Å². The second-order valence-corrected chi connectivity index (χ2v) is 29.2. The summed E-state index contributed by atoms with van der Waals surface area (Å²) in [6, 6.07) is 57.5. The van der Waals surface area contributed by atoms with Gasteiger partial charge in [-0.25, -0.2) is 0 Å². The molecule has 0 aliphatic carbocycles. The molecule has 0 fully saturated rings. The van der Waals surface area contributed by atoms with Crippen molar-refractivity contribution in [3.63, 3.8) is 0 Å². The number of fused-ring (bicyclic) bond motifs is 8. The Morgan fingerprint density at radius 1 is 0.286 bits per heavy atom. The number of nitrogens with zero attached hydrogens (tertiary/aromatic N) is 4. The molecule has 8 aromatic carbocycles. The van der Waals surface area contributed by atoms with Gasteiger partial charge in [0.1, 0.15) is 49.4 Å². The molecule has 0 N–H and O–H groups in total. The standard InChI is InChI=1S/C72H68N4O4S4/c1-69(2,3)53-29-57-65(77-41-49-25-17-13-21-45(49)37-73)58(30-53)82-60-32-55(71(7,8)9)34-62(67(60)79-43-51-27-19-15-23-47(51)39-75)84-64-36-56(72(10,11)12)35-63(68(64)80-44-52-28-20-16-24-48(52)40-76)83-61-33-54(70(4,5)6)31-59(81-57)66(61)78-42-50-26-18-14-22-46(50)38-74/h13-36H,41-44H2,1-12H3. The van der Waals surface area contributed by atoms with Crippen molar-refractivity contribution in [2.24, 2.45) is 0 Å². The molecule has 424 valence electrons. The summed E-state index contributed by atoms with van der Waals surface area (Å²) in [6.07, 6.45) is 0. The summed E-state index contributed by atoms with van der Waals surface area (Å²) in [5.41, 5.74) is 8.05. The topological polar surface area (TPSA) is 132 Å². The van der Waals surface area contributed by atoms with E-state index >= 15 is 0 Å². The molecule has 8 bridgehead atoms. The zero-order chi connectivity index (χ0) is 60.1. The molecule has 0 saturated heterocycles. The second kappa shape index (κ2) is 25.3. The van der Waals surface area contributed by atoms with E-state index in [1.165, 1.54) is 0 Å². The highest BCUT2D eigenvalue weighted by molar-refractivity contribution is 8.01. The third-order valence-electron chi connectivity index (χ3n) is 14.5. The van der Waals surface area contributed by atoms with E-state index in [4.69, 9.17) is 18.9 Å². The molecule has 9 rings (SSSR count). The first-order chi connectivity index (χ1) is 39.9. The first-order valence-corrected chi connectivity index (χ1v) is 31.1. The molecule has 8 nitrogen and oxygen atoms in total. The third-order valence-corrected chi connectivity index (χ3v) is 18.7. The Morgan fingerprint density at radius 3 is 0.607 bits per heavy atom. The van der Waals surface area contributed by atoms with E-state index in [2.05, 4.69) is 156 Å². The number of hydrogen-bond acceptors (Lipinski definition) is 12. The molecule has 1 aliphatic heterocycles. The van der Waals surface area contributed by atoms with Crippen molar-refractivity contribution < 1.29 is 18.9 Å². The molecule has 0 spiro atoms. The molecule has 84 heavy (non-hydrogen) atoms. The Kier molecular flexibility index (Phi) is 18.3. The maximum absolute atomic E-state index is 10.4. The molecule has 8 aromatic rings. The Morgan fingerprint density at radius 2 is 0.452 bits per heavy atom.